The first-order valence-corrected chi connectivity index (χ1v) is 10.2. The maximum absolute atomic E-state index is 12.7. The highest BCUT2D eigenvalue weighted by Crippen LogP contribution is 2.21. The zero-order chi connectivity index (χ0) is 20.5. The van der Waals surface area contributed by atoms with E-state index >= 15 is 0 Å². The molecule has 0 saturated heterocycles. The van der Waals surface area contributed by atoms with Crippen LogP contribution in [0.2, 0.25) is 0 Å². The van der Waals surface area contributed by atoms with Crippen LogP contribution in [0.3, 0.4) is 0 Å². The standard InChI is InChI=1S/C23H22N2O3S/c1-28-18-9-7-8-17(16-18)24-23(27)20-12-5-6-13-21(20)25-22(26)14-15-29-19-10-3-2-4-11-19/h2-13,16H,14-15H2,1H3,(H,24,27)(H,25,26). The maximum atomic E-state index is 12.7. The van der Waals surface area contributed by atoms with E-state index in [9.17, 15) is 9.59 Å². The number of hydrogen-bond acceptors (Lipinski definition) is 4. The molecule has 2 N–H and O–H groups in total. The smallest absolute Gasteiger partial charge is 0.257 e. The molecule has 0 fully saturated rings. The third-order valence-corrected chi connectivity index (χ3v) is 5.13. The van der Waals surface area contributed by atoms with Crippen molar-refractivity contribution in [1.82, 2.24) is 0 Å². The number of amides is 2. The Morgan fingerprint density at radius 2 is 1.66 bits per heavy atom. The molecule has 3 aromatic carbocycles. The zero-order valence-electron chi connectivity index (χ0n) is 16.1. The third-order valence-electron chi connectivity index (χ3n) is 4.11. The number of rotatable bonds is 8. The number of nitrogens with one attached hydrogen (secondary N) is 2. The molecule has 0 aliphatic rings. The van der Waals surface area contributed by atoms with Crippen LogP contribution in [0.25, 0.3) is 0 Å². The fraction of sp³-hybridized carbons (Fsp3) is 0.130. The molecule has 0 atom stereocenters. The lowest BCUT2D eigenvalue weighted by Crippen LogP contribution is -2.18. The van der Waals surface area contributed by atoms with Crippen LogP contribution in [0.1, 0.15) is 16.8 Å². The van der Waals surface area contributed by atoms with Crippen molar-refractivity contribution in [3.8, 4) is 5.75 Å². The monoisotopic (exact) mass is 406 g/mol. The minimum Gasteiger partial charge on any atom is -0.497 e. The predicted molar refractivity (Wildman–Crippen MR) is 118 cm³/mol. The third kappa shape index (κ3) is 6.12. The molecule has 0 unspecified atom stereocenters. The molecule has 3 rings (SSSR count). The van der Waals surface area contributed by atoms with Crippen LogP contribution >= 0.6 is 11.8 Å². The molecule has 0 spiro atoms. The molecule has 0 radical (unpaired) electrons. The van der Waals surface area contributed by atoms with Gasteiger partial charge in [0.2, 0.25) is 5.91 Å². The zero-order valence-corrected chi connectivity index (χ0v) is 16.9. The van der Waals surface area contributed by atoms with Gasteiger partial charge in [-0.1, -0.05) is 36.4 Å². The van der Waals surface area contributed by atoms with Gasteiger partial charge in [0, 0.05) is 28.8 Å². The Morgan fingerprint density at radius 3 is 2.45 bits per heavy atom. The van der Waals surface area contributed by atoms with Gasteiger partial charge in [-0.3, -0.25) is 9.59 Å². The number of ether oxygens (including phenoxy) is 1. The van der Waals surface area contributed by atoms with Crippen LogP contribution in [-0.4, -0.2) is 24.7 Å². The van der Waals surface area contributed by atoms with Crippen molar-refractivity contribution < 1.29 is 14.3 Å². The van der Waals surface area contributed by atoms with Gasteiger partial charge < -0.3 is 15.4 Å². The van der Waals surface area contributed by atoms with Gasteiger partial charge in [-0.05, 0) is 36.4 Å². The van der Waals surface area contributed by atoms with Crippen molar-refractivity contribution in [3.05, 3.63) is 84.4 Å². The van der Waals surface area contributed by atoms with Crippen molar-refractivity contribution in [2.75, 3.05) is 23.5 Å². The molecule has 0 aliphatic heterocycles. The van der Waals surface area contributed by atoms with E-state index in [1.165, 1.54) is 0 Å². The lowest BCUT2D eigenvalue weighted by atomic mass is 10.1. The topological polar surface area (TPSA) is 67.4 Å². The summed E-state index contributed by atoms with van der Waals surface area (Å²) >= 11 is 1.62. The summed E-state index contributed by atoms with van der Waals surface area (Å²) in [5, 5.41) is 5.69. The number of anilines is 2. The Labute approximate surface area is 174 Å². The minimum absolute atomic E-state index is 0.130. The van der Waals surface area contributed by atoms with E-state index in [-0.39, 0.29) is 11.8 Å². The molecule has 148 valence electrons. The summed E-state index contributed by atoms with van der Waals surface area (Å²) in [5.41, 5.74) is 1.51. The summed E-state index contributed by atoms with van der Waals surface area (Å²) in [6.07, 6.45) is 0.353. The first-order chi connectivity index (χ1) is 14.2. The van der Waals surface area contributed by atoms with Gasteiger partial charge in [-0.2, -0.15) is 0 Å². The second-order valence-electron chi connectivity index (χ2n) is 6.19. The molecule has 2 amide bonds. The Balaban J connectivity index is 1.60. The first-order valence-electron chi connectivity index (χ1n) is 9.18. The highest BCUT2D eigenvalue weighted by atomic mass is 32.2. The van der Waals surface area contributed by atoms with Gasteiger partial charge in [0.15, 0.2) is 0 Å². The summed E-state index contributed by atoms with van der Waals surface area (Å²) in [5.74, 6) is 0.886. The van der Waals surface area contributed by atoms with Crippen molar-refractivity contribution >= 4 is 35.0 Å². The van der Waals surface area contributed by atoms with E-state index in [4.69, 9.17) is 4.74 Å². The Kier molecular flexibility index (Phi) is 7.30. The first kappa shape index (κ1) is 20.5. The predicted octanol–water partition coefficient (Wildman–Crippen LogP) is 5.07. The van der Waals surface area contributed by atoms with Gasteiger partial charge in [0.25, 0.3) is 5.91 Å². The van der Waals surface area contributed by atoms with Crippen LogP contribution in [0.15, 0.2) is 83.8 Å². The minimum atomic E-state index is -0.298. The van der Waals surface area contributed by atoms with Gasteiger partial charge in [-0.15, -0.1) is 11.8 Å². The van der Waals surface area contributed by atoms with Crippen molar-refractivity contribution in [2.24, 2.45) is 0 Å². The molecule has 0 aliphatic carbocycles. The summed E-state index contributed by atoms with van der Waals surface area (Å²) in [6, 6.07) is 24.0. The van der Waals surface area contributed by atoms with Gasteiger partial charge in [0.1, 0.15) is 5.75 Å². The van der Waals surface area contributed by atoms with E-state index in [0.717, 1.165) is 4.90 Å². The number of thioether (sulfide) groups is 1. The van der Waals surface area contributed by atoms with Crippen LogP contribution in [0, 0.1) is 0 Å². The molecule has 0 aromatic heterocycles. The van der Waals surface area contributed by atoms with Gasteiger partial charge in [-0.25, -0.2) is 0 Å². The van der Waals surface area contributed by atoms with E-state index < -0.39 is 0 Å². The number of benzene rings is 3. The molecule has 3 aromatic rings. The highest BCUT2D eigenvalue weighted by Gasteiger charge is 2.13. The molecule has 6 heteroatoms. The Morgan fingerprint density at radius 1 is 0.897 bits per heavy atom. The quantitative estimate of drug-likeness (QED) is 0.513. The lowest BCUT2D eigenvalue weighted by Gasteiger charge is -2.12. The van der Waals surface area contributed by atoms with Crippen LogP contribution in [-0.2, 0) is 4.79 Å². The molecule has 0 saturated carbocycles. The average Bonchev–Trinajstić information content (AvgIpc) is 2.75. The molecule has 0 heterocycles. The van der Waals surface area contributed by atoms with Crippen LogP contribution in [0.4, 0.5) is 11.4 Å². The summed E-state index contributed by atoms with van der Waals surface area (Å²) in [4.78, 5) is 26.2. The molecular weight excluding hydrogens is 384 g/mol. The average molecular weight is 407 g/mol. The van der Waals surface area contributed by atoms with E-state index in [2.05, 4.69) is 10.6 Å². The highest BCUT2D eigenvalue weighted by molar-refractivity contribution is 7.99. The largest absolute Gasteiger partial charge is 0.497 e. The Hall–Kier alpha value is -3.25. The van der Waals surface area contributed by atoms with Crippen molar-refractivity contribution in [2.45, 2.75) is 11.3 Å². The summed E-state index contributed by atoms with van der Waals surface area (Å²) in [6.45, 7) is 0. The fourth-order valence-electron chi connectivity index (χ4n) is 2.68. The Bertz CT molecular complexity index is 977. The van der Waals surface area contributed by atoms with E-state index in [1.54, 1.807) is 67.4 Å². The van der Waals surface area contributed by atoms with E-state index in [1.807, 2.05) is 30.3 Å². The molecule has 29 heavy (non-hydrogen) atoms. The number of carbonyl (C=O) groups excluding carboxylic acids is 2. The van der Waals surface area contributed by atoms with E-state index in [0.29, 0.717) is 34.9 Å². The van der Waals surface area contributed by atoms with Crippen LogP contribution in [0.5, 0.6) is 5.75 Å². The van der Waals surface area contributed by atoms with Crippen LogP contribution < -0.4 is 15.4 Å². The summed E-state index contributed by atoms with van der Waals surface area (Å²) in [7, 11) is 1.57. The normalized spacial score (nSPS) is 10.2. The summed E-state index contributed by atoms with van der Waals surface area (Å²) < 4.78 is 5.18. The number of methoxy groups -OCH3 is 1. The molecular formula is C23H22N2O3S. The SMILES string of the molecule is COc1cccc(NC(=O)c2ccccc2NC(=O)CCSc2ccccc2)c1. The number of hydrogen-bond donors (Lipinski definition) is 2. The van der Waals surface area contributed by atoms with Gasteiger partial charge >= 0.3 is 0 Å². The number of carbonyl (C=O) groups is 2. The lowest BCUT2D eigenvalue weighted by molar-refractivity contribution is -0.115. The van der Waals surface area contributed by atoms with Crippen molar-refractivity contribution in [3.63, 3.8) is 0 Å². The second kappa shape index (κ2) is 10.3. The molecule has 0 bridgehead atoms. The number of para-hydroxylation sites is 1. The fourth-order valence-corrected chi connectivity index (χ4v) is 3.55. The van der Waals surface area contributed by atoms with Crippen molar-refractivity contribution in [1.29, 1.82) is 0 Å². The van der Waals surface area contributed by atoms with Gasteiger partial charge in [0.05, 0.1) is 18.4 Å². The molecule has 5 nitrogen and oxygen atoms in total. The maximum Gasteiger partial charge on any atom is 0.257 e. The second-order valence-corrected chi connectivity index (χ2v) is 7.36.